The van der Waals surface area contributed by atoms with E-state index in [9.17, 15) is 9.59 Å². The summed E-state index contributed by atoms with van der Waals surface area (Å²) in [7, 11) is 3.20. The number of hydrogen-bond acceptors (Lipinski definition) is 7. The standard InChI is InChI=1S/C34H38N4O4S/c1-22(2)26-9-11-27(12-10-26)32(33(40)37-28-13-17-30(42-6)18-14-28)38(20-25-7-15-29(41-5)16-8-25)31(39)21-43-34-35-23(3)19-24(4)36-34/h7-19,22,32H,20-21H2,1-6H3,(H,37,40)/t32-/m1/s1. The van der Waals surface area contributed by atoms with Crippen molar-refractivity contribution >= 4 is 29.3 Å². The molecule has 0 unspecified atom stereocenters. The van der Waals surface area contributed by atoms with Crippen molar-refractivity contribution in [3.63, 3.8) is 0 Å². The molecule has 4 aromatic rings. The Morgan fingerprint density at radius 3 is 1.88 bits per heavy atom. The zero-order valence-electron chi connectivity index (χ0n) is 25.5. The number of nitrogens with one attached hydrogen (secondary N) is 1. The van der Waals surface area contributed by atoms with E-state index < -0.39 is 6.04 Å². The zero-order chi connectivity index (χ0) is 30.9. The van der Waals surface area contributed by atoms with Gasteiger partial charge in [0.2, 0.25) is 5.91 Å². The fourth-order valence-corrected chi connectivity index (χ4v) is 5.47. The van der Waals surface area contributed by atoms with Gasteiger partial charge in [0.15, 0.2) is 5.16 Å². The van der Waals surface area contributed by atoms with E-state index in [0.29, 0.717) is 33.8 Å². The average molecular weight is 599 g/mol. The molecule has 0 saturated carbocycles. The third-order valence-electron chi connectivity index (χ3n) is 6.96. The number of benzene rings is 3. The highest BCUT2D eigenvalue weighted by Crippen LogP contribution is 2.29. The van der Waals surface area contributed by atoms with E-state index in [2.05, 4.69) is 29.1 Å². The Hall–Kier alpha value is -4.37. The summed E-state index contributed by atoms with van der Waals surface area (Å²) in [5.74, 6) is 1.24. The number of aryl methyl sites for hydroxylation is 2. The van der Waals surface area contributed by atoms with Gasteiger partial charge in [0.1, 0.15) is 17.5 Å². The topological polar surface area (TPSA) is 93.7 Å². The van der Waals surface area contributed by atoms with Crippen molar-refractivity contribution in [2.75, 3.05) is 25.3 Å². The third kappa shape index (κ3) is 8.58. The number of carbonyl (C=O) groups excluding carboxylic acids is 2. The van der Waals surface area contributed by atoms with Crippen LogP contribution < -0.4 is 14.8 Å². The van der Waals surface area contributed by atoms with Gasteiger partial charge in [0, 0.05) is 23.6 Å². The van der Waals surface area contributed by atoms with Crippen molar-refractivity contribution in [2.24, 2.45) is 0 Å². The van der Waals surface area contributed by atoms with E-state index in [4.69, 9.17) is 9.47 Å². The van der Waals surface area contributed by atoms with Crippen LogP contribution in [0.3, 0.4) is 0 Å². The maximum absolute atomic E-state index is 14.1. The van der Waals surface area contributed by atoms with Crippen molar-refractivity contribution in [1.29, 1.82) is 0 Å². The number of aromatic nitrogens is 2. The highest BCUT2D eigenvalue weighted by molar-refractivity contribution is 7.99. The Morgan fingerprint density at radius 2 is 1.35 bits per heavy atom. The lowest BCUT2D eigenvalue weighted by Gasteiger charge is -2.32. The number of hydrogen-bond donors (Lipinski definition) is 1. The molecule has 1 atom stereocenters. The lowest BCUT2D eigenvalue weighted by Crippen LogP contribution is -2.41. The molecule has 8 nitrogen and oxygen atoms in total. The minimum absolute atomic E-state index is 0.0649. The maximum atomic E-state index is 14.1. The van der Waals surface area contributed by atoms with Crippen LogP contribution >= 0.6 is 11.8 Å². The average Bonchev–Trinajstić information content (AvgIpc) is 3.00. The maximum Gasteiger partial charge on any atom is 0.251 e. The van der Waals surface area contributed by atoms with Crippen molar-refractivity contribution in [1.82, 2.24) is 14.9 Å². The van der Waals surface area contributed by atoms with E-state index in [1.54, 1.807) is 43.4 Å². The zero-order valence-corrected chi connectivity index (χ0v) is 26.3. The summed E-state index contributed by atoms with van der Waals surface area (Å²) in [6, 6.07) is 23.5. The van der Waals surface area contributed by atoms with Crippen LogP contribution in [0.15, 0.2) is 84.0 Å². The van der Waals surface area contributed by atoms with Crippen molar-refractivity contribution in [2.45, 2.75) is 51.4 Å². The van der Waals surface area contributed by atoms with Gasteiger partial charge in [-0.15, -0.1) is 0 Å². The molecule has 43 heavy (non-hydrogen) atoms. The first-order valence-electron chi connectivity index (χ1n) is 14.1. The number of carbonyl (C=O) groups is 2. The van der Waals surface area contributed by atoms with Crippen LogP contribution in [0.4, 0.5) is 5.69 Å². The molecule has 2 amide bonds. The second-order valence-electron chi connectivity index (χ2n) is 10.5. The van der Waals surface area contributed by atoms with Crippen LogP contribution in [0.2, 0.25) is 0 Å². The number of rotatable bonds is 12. The van der Waals surface area contributed by atoms with Crippen molar-refractivity contribution in [3.8, 4) is 11.5 Å². The second kappa shape index (κ2) is 14.7. The lowest BCUT2D eigenvalue weighted by atomic mass is 9.97. The summed E-state index contributed by atoms with van der Waals surface area (Å²) in [6.45, 7) is 8.25. The molecule has 3 aromatic carbocycles. The monoisotopic (exact) mass is 598 g/mol. The fourth-order valence-electron chi connectivity index (χ4n) is 4.64. The molecule has 0 aliphatic heterocycles. The summed E-state index contributed by atoms with van der Waals surface area (Å²) in [4.78, 5) is 38.8. The molecular formula is C34H38N4O4S. The largest absolute Gasteiger partial charge is 0.497 e. The Balaban J connectivity index is 1.72. The normalized spacial score (nSPS) is 11.6. The van der Waals surface area contributed by atoms with Crippen molar-refractivity contribution in [3.05, 3.63) is 107 Å². The van der Waals surface area contributed by atoms with Gasteiger partial charge in [-0.25, -0.2) is 9.97 Å². The quantitative estimate of drug-likeness (QED) is 0.143. The molecule has 0 bridgehead atoms. The Bertz CT molecular complexity index is 1500. The molecule has 1 aromatic heterocycles. The van der Waals surface area contributed by atoms with Crippen LogP contribution in [0.1, 0.15) is 53.9 Å². The Kier molecular flexibility index (Phi) is 10.8. The highest BCUT2D eigenvalue weighted by atomic mass is 32.2. The first-order chi connectivity index (χ1) is 20.7. The van der Waals surface area contributed by atoms with Gasteiger partial charge in [-0.1, -0.05) is 62.0 Å². The van der Waals surface area contributed by atoms with Crippen LogP contribution in [-0.4, -0.2) is 46.7 Å². The number of thioether (sulfide) groups is 1. The Labute approximate surface area is 257 Å². The minimum atomic E-state index is -0.904. The smallest absolute Gasteiger partial charge is 0.251 e. The molecule has 0 spiro atoms. The van der Waals surface area contributed by atoms with Gasteiger partial charge in [-0.3, -0.25) is 9.59 Å². The van der Waals surface area contributed by atoms with Crippen LogP contribution in [0, 0.1) is 13.8 Å². The number of amides is 2. The van der Waals surface area contributed by atoms with Crippen molar-refractivity contribution < 1.29 is 19.1 Å². The molecule has 0 aliphatic rings. The second-order valence-corrected chi connectivity index (χ2v) is 11.5. The van der Waals surface area contributed by atoms with E-state index in [1.165, 1.54) is 11.8 Å². The third-order valence-corrected chi connectivity index (χ3v) is 7.79. The molecule has 0 aliphatic carbocycles. The van der Waals surface area contributed by atoms with Gasteiger partial charge in [0.25, 0.3) is 5.91 Å². The number of methoxy groups -OCH3 is 2. The molecule has 1 heterocycles. The SMILES string of the molecule is COc1ccc(CN(C(=O)CSc2nc(C)cc(C)n2)[C@@H](C(=O)Nc2ccc(OC)cc2)c2ccc(C(C)C)cc2)cc1. The molecule has 4 rings (SSSR count). The van der Waals surface area contributed by atoms with E-state index in [-0.39, 0.29) is 24.1 Å². The molecule has 9 heteroatoms. The molecule has 224 valence electrons. The number of anilines is 1. The first-order valence-corrected chi connectivity index (χ1v) is 15.1. The molecule has 1 N–H and O–H groups in total. The van der Waals surface area contributed by atoms with Gasteiger partial charge in [0.05, 0.1) is 20.0 Å². The van der Waals surface area contributed by atoms with Crippen LogP contribution in [0.5, 0.6) is 11.5 Å². The van der Waals surface area contributed by atoms with E-state index >= 15 is 0 Å². The van der Waals surface area contributed by atoms with E-state index in [1.807, 2.05) is 68.4 Å². The van der Waals surface area contributed by atoms with Gasteiger partial charge >= 0.3 is 0 Å². The molecule has 0 saturated heterocycles. The van der Waals surface area contributed by atoms with Gasteiger partial charge in [-0.2, -0.15) is 0 Å². The molecule has 0 fully saturated rings. The Morgan fingerprint density at radius 1 is 0.814 bits per heavy atom. The van der Waals surface area contributed by atoms with Gasteiger partial charge < -0.3 is 19.7 Å². The molecular weight excluding hydrogens is 560 g/mol. The lowest BCUT2D eigenvalue weighted by molar-refractivity contribution is -0.137. The van der Waals surface area contributed by atoms with E-state index in [0.717, 1.165) is 22.5 Å². The number of ether oxygens (including phenoxy) is 2. The summed E-state index contributed by atoms with van der Waals surface area (Å²) < 4.78 is 10.6. The van der Waals surface area contributed by atoms with Crippen LogP contribution in [0.25, 0.3) is 0 Å². The fraction of sp³-hybridized carbons (Fsp3) is 0.294. The predicted octanol–water partition coefficient (Wildman–Crippen LogP) is 6.73. The summed E-state index contributed by atoms with van der Waals surface area (Å²) >= 11 is 1.26. The summed E-state index contributed by atoms with van der Waals surface area (Å²) in [5, 5.41) is 3.54. The van der Waals surface area contributed by atoms with Gasteiger partial charge in [-0.05, 0) is 78.9 Å². The molecule has 0 radical (unpaired) electrons. The summed E-state index contributed by atoms with van der Waals surface area (Å²) in [5.41, 5.74) is 4.99. The first kappa shape index (κ1) is 31.6. The van der Waals surface area contributed by atoms with Crippen LogP contribution in [-0.2, 0) is 16.1 Å². The summed E-state index contributed by atoms with van der Waals surface area (Å²) in [6.07, 6.45) is 0. The number of nitrogens with zero attached hydrogens (tertiary/aromatic N) is 3. The predicted molar refractivity (Wildman–Crippen MR) is 171 cm³/mol. The minimum Gasteiger partial charge on any atom is -0.497 e. The highest BCUT2D eigenvalue weighted by Gasteiger charge is 2.32.